The lowest BCUT2D eigenvalue weighted by Gasteiger charge is -2.28. The summed E-state index contributed by atoms with van der Waals surface area (Å²) in [5, 5.41) is 3.63. The Balaban J connectivity index is 1.72. The first-order chi connectivity index (χ1) is 8.83. The van der Waals surface area contributed by atoms with Crippen LogP contribution >= 0.6 is 0 Å². The van der Waals surface area contributed by atoms with Crippen molar-refractivity contribution in [1.29, 1.82) is 0 Å². The van der Waals surface area contributed by atoms with Gasteiger partial charge in [-0.3, -0.25) is 0 Å². The molecule has 0 saturated heterocycles. The first-order valence-electron chi connectivity index (χ1n) is 7.67. The normalized spacial score (nSPS) is 27.4. The summed E-state index contributed by atoms with van der Waals surface area (Å²) in [5.41, 5.74) is 4.59. The molecular weight excluding hydrogens is 218 g/mol. The van der Waals surface area contributed by atoms with Crippen molar-refractivity contribution >= 4 is 5.69 Å². The van der Waals surface area contributed by atoms with E-state index in [4.69, 9.17) is 0 Å². The molecule has 0 amide bonds. The largest absolute Gasteiger partial charge is 0.385 e. The van der Waals surface area contributed by atoms with Gasteiger partial charge in [-0.2, -0.15) is 0 Å². The van der Waals surface area contributed by atoms with Crippen molar-refractivity contribution in [2.24, 2.45) is 11.8 Å². The third-order valence-corrected chi connectivity index (χ3v) is 4.81. The number of fused-ring (bicyclic) bond motifs is 1. The molecule has 0 radical (unpaired) electrons. The zero-order valence-corrected chi connectivity index (χ0v) is 11.5. The summed E-state index contributed by atoms with van der Waals surface area (Å²) in [7, 11) is 0. The van der Waals surface area contributed by atoms with Crippen molar-refractivity contribution < 1.29 is 0 Å². The molecule has 1 aliphatic carbocycles. The first-order valence-corrected chi connectivity index (χ1v) is 7.67. The molecule has 1 N–H and O–H groups in total. The van der Waals surface area contributed by atoms with Crippen LogP contribution in [0.4, 0.5) is 5.69 Å². The zero-order valence-electron chi connectivity index (χ0n) is 11.5. The highest BCUT2D eigenvalue weighted by Gasteiger charge is 2.20. The van der Waals surface area contributed by atoms with Gasteiger partial charge in [0, 0.05) is 12.2 Å². The summed E-state index contributed by atoms with van der Waals surface area (Å²) in [5.74, 6) is 1.89. The Labute approximate surface area is 111 Å². The number of anilines is 1. The van der Waals surface area contributed by atoms with E-state index in [2.05, 4.69) is 30.4 Å². The summed E-state index contributed by atoms with van der Waals surface area (Å²) < 4.78 is 0. The van der Waals surface area contributed by atoms with Crippen LogP contribution in [0.5, 0.6) is 0 Å². The fourth-order valence-corrected chi connectivity index (χ4v) is 3.60. The lowest BCUT2D eigenvalue weighted by molar-refractivity contribution is 0.289. The van der Waals surface area contributed by atoms with E-state index >= 15 is 0 Å². The van der Waals surface area contributed by atoms with Gasteiger partial charge in [0.15, 0.2) is 0 Å². The predicted octanol–water partition coefficient (Wildman–Crippen LogP) is 4.41. The summed E-state index contributed by atoms with van der Waals surface area (Å²) in [6, 6.07) is 6.90. The quantitative estimate of drug-likeness (QED) is 0.811. The molecule has 0 spiro atoms. The molecule has 1 heteroatoms. The molecule has 1 aromatic rings. The molecule has 98 valence electrons. The summed E-state index contributed by atoms with van der Waals surface area (Å²) in [4.78, 5) is 0. The van der Waals surface area contributed by atoms with Crippen LogP contribution in [0.1, 0.15) is 50.2 Å². The fourth-order valence-electron chi connectivity index (χ4n) is 3.60. The Bertz CT molecular complexity index is 402. The van der Waals surface area contributed by atoms with Gasteiger partial charge in [0.05, 0.1) is 0 Å². The number of hydrogen-bond donors (Lipinski definition) is 1. The maximum atomic E-state index is 3.63. The average molecular weight is 243 g/mol. The smallest absolute Gasteiger partial charge is 0.0405 e. The highest BCUT2D eigenvalue weighted by molar-refractivity contribution is 5.59. The van der Waals surface area contributed by atoms with Gasteiger partial charge in [-0.1, -0.05) is 38.0 Å². The Kier molecular flexibility index (Phi) is 3.58. The molecular formula is C17H25N. The SMILES string of the molecule is CC1CCC(Cc2cccc3c2NCCC3)CC1. The molecule has 0 bridgehead atoms. The number of benzene rings is 1. The van der Waals surface area contributed by atoms with Crippen molar-refractivity contribution in [2.45, 2.75) is 51.9 Å². The van der Waals surface area contributed by atoms with Crippen molar-refractivity contribution in [3.8, 4) is 0 Å². The number of nitrogens with one attached hydrogen (secondary N) is 1. The third-order valence-electron chi connectivity index (χ3n) is 4.81. The lowest BCUT2D eigenvalue weighted by Crippen LogP contribution is -2.18. The number of hydrogen-bond acceptors (Lipinski definition) is 1. The molecule has 1 fully saturated rings. The van der Waals surface area contributed by atoms with Gasteiger partial charge in [-0.15, -0.1) is 0 Å². The minimum atomic E-state index is 0.927. The lowest BCUT2D eigenvalue weighted by atomic mass is 9.79. The van der Waals surface area contributed by atoms with E-state index in [1.54, 1.807) is 11.1 Å². The molecule has 1 nitrogen and oxygen atoms in total. The molecule has 1 aromatic carbocycles. The molecule has 3 rings (SSSR count). The first kappa shape index (κ1) is 12.1. The Hall–Kier alpha value is -0.980. The maximum Gasteiger partial charge on any atom is 0.0405 e. The minimum absolute atomic E-state index is 0.927. The van der Waals surface area contributed by atoms with E-state index in [0.29, 0.717) is 0 Å². The van der Waals surface area contributed by atoms with Crippen molar-refractivity contribution in [1.82, 2.24) is 0 Å². The van der Waals surface area contributed by atoms with Crippen LogP contribution in [0.15, 0.2) is 18.2 Å². The van der Waals surface area contributed by atoms with E-state index < -0.39 is 0 Å². The van der Waals surface area contributed by atoms with Crippen LogP contribution in [0.25, 0.3) is 0 Å². The molecule has 1 saturated carbocycles. The van der Waals surface area contributed by atoms with Gasteiger partial charge < -0.3 is 5.32 Å². The Morgan fingerprint density at radius 2 is 2.00 bits per heavy atom. The van der Waals surface area contributed by atoms with E-state index in [0.717, 1.165) is 18.4 Å². The van der Waals surface area contributed by atoms with Gasteiger partial charge >= 0.3 is 0 Å². The van der Waals surface area contributed by atoms with Crippen molar-refractivity contribution in [2.75, 3.05) is 11.9 Å². The van der Waals surface area contributed by atoms with Crippen LogP contribution in [-0.2, 0) is 12.8 Å². The monoisotopic (exact) mass is 243 g/mol. The van der Waals surface area contributed by atoms with E-state index in [9.17, 15) is 0 Å². The maximum absolute atomic E-state index is 3.63. The van der Waals surface area contributed by atoms with Crippen LogP contribution in [0, 0.1) is 11.8 Å². The second kappa shape index (κ2) is 5.34. The number of rotatable bonds is 2. The fraction of sp³-hybridized carbons (Fsp3) is 0.647. The zero-order chi connectivity index (χ0) is 12.4. The van der Waals surface area contributed by atoms with Crippen molar-refractivity contribution in [3.63, 3.8) is 0 Å². The van der Waals surface area contributed by atoms with Crippen LogP contribution in [-0.4, -0.2) is 6.54 Å². The van der Waals surface area contributed by atoms with Gasteiger partial charge in [0.2, 0.25) is 0 Å². The molecule has 2 aliphatic rings. The summed E-state index contributed by atoms with van der Waals surface area (Å²) in [6.07, 6.45) is 9.59. The average Bonchev–Trinajstić information content (AvgIpc) is 2.42. The van der Waals surface area contributed by atoms with Gasteiger partial charge in [-0.25, -0.2) is 0 Å². The second-order valence-corrected chi connectivity index (χ2v) is 6.31. The Morgan fingerprint density at radius 3 is 2.83 bits per heavy atom. The summed E-state index contributed by atoms with van der Waals surface area (Å²) >= 11 is 0. The summed E-state index contributed by atoms with van der Waals surface area (Å²) in [6.45, 7) is 3.56. The number of aryl methyl sites for hydroxylation is 1. The molecule has 0 unspecified atom stereocenters. The minimum Gasteiger partial charge on any atom is -0.385 e. The van der Waals surface area contributed by atoms with Crippen LogP contribution in [0.2, 0.25) is 0 Å². The van der Waals surface area contributed by atoms with Crippen LogP contribution < -0.4 is 5.32 Å². The molecule has 18 heavy (non-hydrogen) atoms. The van der Waals surface area contributed by atoms with Crippen molar-refractivity contribution in [3.05, 3.63) is 29.3 Å². The van der Waals surface area contributed by atoms with Gasteiger partial charge in [0.25, 0.3) is 0 Å². The van der Waals surface area contributed by atoms with Gasteiger partial charge in [0.1, 0.15) is 0 Å². The highest BCUT2D eigenvalue weighted by Crippen LogP contribution is 2.34. The number of para-hydroxylation sites is 1. The van der Waals surface area contributed by atoms with E-state index in [-0.39, 0.29) is 0 Å². The predicted molar refractivity (Wildman–Crippen MR) is 78.1 cm³/mol. The highest BCUT2D eigenvalue weighted by atomic mass is 14.9. The second-order valence-electron chi connectivity index (χ2n) is 6.31. The molecule has 0 atom stereocenters. The molecule has 1 heterocycles. The van der Waals surface area contributed by atoms with E-state index in [1.165, 1.54) is 50.6 Å². The van der Waals surface area contributed by atoms with E-state index in [1.807, 2.05) is 0 Å². The molecule has 1 aliphatic heterocycles. The van der Waals surface area contributed by atoms with Gasteiger partial charge in [-0.05, 0) is 55.1 Å². The standard InChI is InChI=1S/C17H25N/c1-13-7-9-14(10-8-13)12-16-5-2-4-15-6-3-11-18-17(15)16/h2,4-5,13-14,18H,3,6-12H2,1H3. The molecule has 0 aromatic heterocycles. The topological polar surface area (TPSA) is 12.0 Å². The van der Waals surface area contributed by atoms with Crippen LogP contribution in [0.3, 0.4) is 0 Å². The Morgan fingerprint density at radius 1 is 1.17 bits per heavy atom. The third kappa shape index (κ3) is 2.55.